The molecule has 0 spiro atoms. The number of carbonyl (C=O) groups excluding carboxylic acids is 1. The summed E-state index contributed by atoms with van der Waals surface area (Å²) in [4.78, 5) is 11.3. The fraction of sp³-hybridized carbons (Fsp3) is 0.545. The molecule has 0 aromatic carbocycles. The van der Waals surface area contributed by atoms with Crippen LogP contribution in [0.25, 0.3) is 0 Å². The summed E-state index contributed by atoms with van der Waals surface area (Å²) in [5.41, 5.74) is 1.25. The van der Waals surface area contributed by atoms with Crippen molar-refractivity contribution < 1.29 is 4.79 Å². The lowest BCUT2D eigenvalue weighted by atomic mass is 10.0. The van der Waals surface area contributed by atoms with E-state index in [4.69, 9.17) is 0 Å². The Morgan fingerprint density at radius 1 is 1.62 bits per heavy atom. The van der Waals surface area contributed by atoms with Crippen LogP contribution >= 0.6 is 0 Å². The SMILES string of the molecule is CCCNC(=O)CC1=CC=CCC1. The number of hydrogen-bond acceptors (Lipinski definition) is 1. The Bertz CT molecular complexity index is 228. The summed E-state index contributed by atoms with van der Waals surface area (Å²) in [7, 11) is 0. The van der Waals surface area contributed by atoms with Crippen molar-refractivity contribution in [2.45, 2.75) is 32.6 Å². The molecular formula is C11H17NO. The molecule has 0 saturated heterocycles. The van der Waals surface area contributed by atoms with E-state index in [0.717, 1.165) is 25.8 Å². The van der Waals surface area contributed by atoms with Gasteiger partial charge in [-0.25, -0.2) is 0 Å². The van der Waals surface area contributed by atoms with Crippen LogP contribution in [-0.2, 0) is 4.79 Å². The molecule has 13 heavy (non-hydrogen) atoms. The maximum atomic E-state index is 11.3. The minimum Gasteiger partial charge on any atom is -0.356 e. The van der Waals surface area contributed by atoms with Crippen LogP contribution in [0.5, 0.6) is 0 Å². The fourth-order valence-electron chi connectivity index (χ4n) is 1.33. The van der Waals surface area contributed by atoms with Crippen molar-refractivity contribution in [2.75, 3.05) is 6.54 Å². The molecule has 2 nitrogen and oxygen atoms in total. The van der Waals surface area contributed by atoms with Crippen molar-refractivity contribution in [3.63, 3.8) is 0 Å². The molecule has 0 heterocycles. The number of carbonyl (C=O) groups is 1. The molecule has 0 aliphatic heterocycles. The van der Waals surface area contributed by atoms with Gasteiger partial charge in [0.15, 0.2) is 0 Å². The van der Waals surface area contributed by atoms with E-state index in [2.05, 4.69) is 24.4 Å². The van der Waals surface area contributed by atoms with Crippen molar-refractivity contribution in [1.82, 2.24) is 5.32 Å². The Hall–Kier alpha value is -1.05. The van der Waals surface area contributed by atoms with E-state index < -0.39 is 0 Å². The van der Waals surface area contributed by atoms with E-state index in [0.29, 0.717) is 6.42 Å². The van der Waals surface area contributed by atoms with Gasteiger partial charge in [0.1, 0.15) is 0 Å². The first-order valence-electron chi connectivity index (χ1n) is 4.94. The standard InChI is InChI=1S/C11H17NO/c1-2-8-12-11(13)9-10-6-4-3-5-7-10/h3-4,6H,2,5,7-9H2,1H3,(H,12,13). The van der Waals surface area contributed by atoms with Gasteiger partial charge >= 0.3 is 0 Å². The van der Waals surface area contributed by atoms with Gasteiger partial charge in [-0.05, 0) is 19.3 Å². The van der Waals surface area contributed by atoms with E-state index in [1.54, 1.807) is 0 Å². The molecule has 1 aliphatic carbocycles. The van der Waals surface area contributed by atoms with E-state index in [1.165, 1.54) is 5.57 Å². The molecule has 0 bridgehead atoms. The molecular weight excluding hydrogens is 162 g/mol. The molecule has 1 N–H and O–H groups in total. The monoisotopic (exact) mass is 179 g/mol. The minimum absolute atomic E-state index is 0.156. The molecule has 0 radical (unpaired) electrons. The zero-order valence-corrected chi connectivity index (χ0v) is 8.18. The van der Waals surface area contributed by atoms with Crippen LogP contribution in [0.1, 0.15) is 32.6 Å². The quantitative estimate of drug-likeness (QED) is 0.704. The van der Waals surface area contributed by atoms with Crippen molar-refractivity contribution in [3.8, 4) is 0 Å². The van der Waals surface area contributed by atoms with E-state index in [-0.39, 0.29) is 5.91 Å². The highest BCUT2D eigenvalue weighted by Crippen LogP contribution is 2.14. The third-order valence-electron chi connectivity index (χ3n) is 2.06. The summed E-state index contributed by atoms with van der Waals surface area (Å²) in [6, 6.07) is 0. The van der Waals surface area contributed by atoms with E-state index in [1.807, 2.05) is 6.08 Å². The summed E-state index contributed by atoms with van der Waals surface area (Å²) in [5.74, 6) is 0.156. The number of hydrogen-bond donors (Lipinski definition) is 1. The summed E-state index contributed by atoms with van der Waals surface area (Å²) >= 11 is 0. The van der Waals surface area contributed by atoms with Gasteiger partial charge in [-0.2, -0.15) is 0 Å². The topological polar surface area (TPSA) is 29.1 Å². The number of amides is 1. The Labute approximate surface area is 79.7 Å². The summed E-state index contributed by atoms with van der Waals surface area (Å²) < 4.78 is 0. The normalized spacial score (nSPS) is 15.3. The predicted molar refractivity (Wildman–Crippen MR) is 54.4 cm³/mol. The van der Waals surface area contributed by atoms with Gasteiger partial charge in [0.2, 0.25) is 5.91 Å². The average Bonchev–Trinajstić information content (AvgIpc) is 2.16. The molecule has 0 unspecified atom stereocenters. The van der Waals surface area contributed by atoms with Gasteiger partial charge in [-0.1, -0.05) is 30.7 Å². The largest absolute Gasteiger partial charge is 0.356 e. The van der Waals surface area contributed by atoms with Gasteiger partial charge in [-0.3, -0.25) is 4.79 Å². The molecule has 0 atom stereocenters. The number of allylic oxidation sites excluding steroid dienone is 3. The van der Waals surface area contributed by atoms with Crippen LogP contribution in [0.2, 0.25) is 0 Å². The van der Waals surface area contributed by atoms with Gasteiger partial charge < -0.3 is 5.32 Å². The van der Waals surface area contributed by atoms with Crippen molar-refractivity contribution in [3.05, 3.63) is 23.8 Å². The van der Waals surface area contributed by atoms with Crippen LogP contribution in [0.3, 0.4) is 0 Å². The predicted octanol–water partition coefficient (Wildman–Crippen LogP) is 2.18. The molecule has 0 aromatic heterocycles. The Kier molecular flexibility index (Phi) is 4.30. The lowest BCUT2D eigenvalue weighted by molar-refractivity contribution is -0.120. The maximum absolute atomic E-state index is 11.3. The Morgan fingerprint density at radius 2 is 2.46 bits per heavy atom. The first-order chi connectivity index (χ1) is 6.33. The summed E-state index contributed by atoms with van der Waals surface area (Å²) in [6.07, 6.45) is 9.91. The van der Waals surface area contributed by atoms with Crippen LogP contribution in [0, 0.1) is 0 Å². The number of nitrogens with one attached hydrogen (secondary N) is 1. The molecule has 0 saturated carbocycles. The highest BCUT2D eigenvalue weighted by atomic mass is 16.1. The van der Waals surface area contributed by atoms with Gasteiger partial charge in [0, 0.05) is 13.0 Å². The minimum atomic E-state index is 0.156. The van der Waals surface area contributed by atoms with Crippen LogP contribution in [-0.4, -0.2) is 12.5 Å². The first-order valence-corrected chi connectivity index (χ1v) is 4.94. The Balaban J connectivity index is 2.27. The lowest BCUT2D eigenvalue weighted by Gasteiger charge is -2.08. The lowest BCUT2D eigenvalue weighted by Crippen LogP contribution is -2.24. The van der Waals surface area contributed by atoms with Gasteiger partial charge in [-0.15, -0.1) is 0 Å². The molecule has 72 valence electrons. The second-order valence-electron chi connectivity index (χ2n) is 3.32. The highest BCUT2D eigenvalue weighted by Gasteiger charge is 2.05. The molecule has 1 rings (SSSR count). The van der Waals surface area contributed by atoms with Crippen LogP contribution < -0.4 is 5.32 Å². The maximum Gasteiger partial charge on any atom is 0.224 e. The molecule has 2 heteroatoms. The Morgan fingerprint density at radius 3 is 3.08 bits per heavy atom. The zero-order chi connectivity index (χ0) is 9.52. The average molecular weight is 179 g/mol. The molecule has 0 fully saturated rings. The third-order valence-corrected chi connectivity index (χ3v) is 2.06. The van der Waals surface area contributed by atoms with E-state index in [9.17, 15) is 4.79 Å². The second kappa shape index (κ2) is 5.57. The smallest absolute Gasteiger partial charge is 0.224 e. The zero-order valence-electron chi connectivity index (χ0n) is 8.18. The van der Waals surface area contributed by atoms with E-state index >= 15 is 0 Å². The van der Waals surface area contributed by atoms with Gasteiger partial charge in [0.25, 0.3) is 0 Å². The fourth-order valence-corrected chi connectivity index (χ4v) is 1.33. The van der Waals surface area contributed by atoms with Crippen molar-refractivity contribution >= 4 is 5.91 Å². The second-order valence-corrected chi connectivity index (χ2v) is 3.32. The van der Waals surface area contributed by atoms with Crippen molar-refractivity contribution in [2.24, 2.45) is 0 Å². The summed E-state index contributed by atoms with van der Waals surface area (Å²) in [5, 5.41) is 2.88. The molecule has 0 aromatic rings. The molecule has 1 amide bonds. The third kappa shape index (κ3) is 3.92. The van der Waals surface area contributed by atoms with Crippen LogP contribution in [0.15, 0.2) is 23.8 Å². The van der Waals surface area contributed by atoms with Crippen LogP contribution in [0.4, 0.5) is 0 Å². The van der Waals surface area contributed by atoms with Gasteiger partial charge in [0.05, 0.1) is 0 Å². The highest BCUT2D eigenvalue weighted by molar-refractivity contribution is 5.78. The number of rotatable bonds is 4. The first kappa shape index (κ1) is 10.0. The van der Waals surface area contributed by atoms with Crippen molar-refractivity contribution in [1.29, 1.82) is 0 Å². The molecule has 1 aliphatic rings. The summed E-state index contributed by atoms with van der Waals surface area (Å²) in [6.45, 7) is 2.85.